The van der Waals surface area contributed by atoms with Gasteiger partial charge in [0, 0.05) is 5.75 Å². The smallest absolute Gasteiger partial charge is 0.169 e. The zero-order chi connectivity index (χ0) is 7.12. The average molecular weight is 169 g/mol. The molecule has 0 atom stereocenters. The van der Waals surface area contributed by atoms with Gasteiger partial charge in [0.25, 0.3) is 0 Å². The summed E-state index contributed by atoms with van der Waals surface area (Å²) in [5, 5.41) is 0. The van der Waals surface area contributed by atoms with Crippen LogP contribution in [-0.4, -0.2) is 18.4 Å². The third-order valence-electron chi connectivity index (χ3n) is 1.58. The molecule has 0 bridgehead atoms. The molecule has 1 fully saturated rings. The molecule has 1 rings (SSSR count). The Balaban J connectivity index is 2.84. The largest absolute Gasteiger partial charge is 0.227 e. The average Bonchev–Trinajstić information content (AvgIpc) is 2.49. The molecule has 2 nitrogen and oxygen atoms in total. The Morgan fingerprint density at radius 1 is 1.56 bits per heavy atom. The number of hydrogen-bond donors (Lipinski definition) is 0. The van der Waals surface area contributed by atoms with E-state index in [1.165, 1.54) is 0 Å². The minimum absolute atomic E-state index is 0.163. The molecular weight excluding hydrogens is 160 g/mol. The zero-order valence-electron chi connectivity index (χ0n) is 5.22. The van der Waals surface area contributed by atoms with E-state index in [9.17, 15) is 8.42 Å². The van der Waals surface area contributed by atoms with Crippen LogP contribution in [-0.2, 0) is 9.84 Å². The van der Waals surface area contributed by atoms with Crippen molar-refractivity contribution in [1.82, 2.24) is 0 Å². The van der Waals surface area contributed by atoms with E-state index in [2.05, 4.69) is 0 Å². The molecule has 1 aliphatic carbocycles. The summed E-state index contributed by atoms with van der Waals surface area (Å²) in [5.74, 6) is 0.163. The van der Waals surface area contributed by atoms with Crippen molar-refractivity contribution in [2.24, 2.45) is 0 Å². The van der Waals surface area contributed by atoms with E-state index in [-0.39, 0.29) is 5.75 Å². The minimum Gasteiger partial charge on any atom is -0.227 e. The van der Waals surface area contributed by atoms with Crippen LogP contribution >= 0.6 is 11.6 Å². The predicted molar refractivity (Wildman–Crippen MR) is 37.3 cm³/mol. The number of hydrogen-bond acceptors (Lipinski definition) is 2. The molecule has 0 aromatic carbocycles. The third kappa shape index (κ3) is 1.08. The molecule has 0 saturated heterocycles. The molecule has 0 heterocycles. The first-order valence-corrected chi connectivity index (χ1v) is 4.96. The third-order valence-corrected chi connectivity index (χ3v) is 4.95. The minimum atomic E-state index is -2.96. The highest BCUT2D eigenvalue weighted by molar-refractivity contribution is 7.94. The van der Waals surface area contributed by atoms with E-state index >= 15 is 0 Å². The number of alkyl halides is 1. The fraction of sp³-hybridized carbons (Fsp3) is 1.00. The second-order valence-electron chi connectivity index (χ2n) is 2.29. The summed E-state index contributed by atoms with van der Waals surface area (Å²) in [6.07, 6.45) is 1.26. The highest BCUT2D eigenvalue weighted by Gasteiger charge is 2.51. The lowest BCUT2D eigenvalue weighted by atomic mass is 10.9. The summed E-state index contributed by atoms with van der Waals surface area (Å²) in [4.78, 5) is 0. The van der Waals surface area contributed by atoms with E-state index in [1.54, 1.807) is 6.92 Å². The van der Waals surface area contributed by atoms with Gasteiger partial charge in [0.1, 0.15) is 4.21 Å². The van der Waals surface area contributed by atoms with Crippen LogP contribution in [0.5, 0.6) is 0 Å². The lowest BCUT2D eigenvalue weighted by molar-refractivity contribution is 0.592. The van der Waals surface area contributed by atoms with E-state index in [4.69, 9.17) is 11.6 Å². The Morgan fingerprint density at radius 2 is 2.00 bits per heavy atom. The van der Waals surface area contributed by atoms with Crippen molar-refractivity contribution in [3.8, 4) is 0 Å². The highest BCUT2D eigenvalue weighted by atomic mass is 35.5. The monoisotopic (exact) mass is 168 g/mol. The zero-order valence-corrected chi connectivity index (χ0v) is 6.80. The molecule has 0 unspecified atom stereocenters. The molecule has 0 amide bonds. The maximum Gasteiger partial charge on any atom is 0.169 e. The van der Waals surface area contributed by atoms with Gasteiger partial charge in [0.2, 0.25) is 0 Å². The Kier molecular flexibility index (Phi) is 1.52. The van der Waals surface area contributed by atoms with Crippen molar-refractivity contribution in [3.05, 3.63) is 0 Å². The van der Waals surface area contributed by atoms with Crippen LogP contribution in [0.1, 0.15) is 19.8 Å². The predicted octanol–water partition coefficient (Wildman–Crippen LogP) is 1.15. The Bertz CT molecular complexity index is 203. The van der Waals surface area contributed by atoms with Crippen LogP contribution in [0.4, 0.5) is 0 Å². The maximum absolute atomic E-state index is 11.0. The van der Waals surface area contributed by atoms with Crippen LogP contribution in [0.2, 0.25) is 0 Å². The summed E-state index contributed by atoms with van der Waals surface area (Å²) in [5.41, 5.74) is 0. The Morgan fingerprint density at radius 3 is 2.11 bits per heavy atom. The van der Waals surface area contributed by atoms with Crippen LogP contribution in [0, 0.1) is 0 Å². The quantitative estimate of drug-likeness (QED) is 0.580. The molecule has 1 aliphatic rings. The van der Waals surface area contributed by atoms with Crippen molar-refractivity contribution in [1.29, 1.82) is 0 Å². The summed E-state index contributed by atoms with van der Waals surface area (Å²) in [6, 6.07) is 0. The first-order chi connectivity index (χ1) is 4.02. The van der Waals surface area contributed by atoms with Gasteiger partial charge in [0.15, 0.2) is 9.84 Å². The summed E-state index contributed by atoms with van der Waals surface area (Å²) in [6.45, 7) is 1.62. The Labute approximate surface area is 60.1 Å². The molecule has 0 spiro atoms. The first-order valence-electron chi connectivity index (χ1n) is 2.93. The molecule has 4 heteroatoms. The number of halogens is 1. The second kappa shape index (κ2) is 1.86. The summed E-state index contributed by atoms with van der Waals surface area (Å²) < 4.78 is 21.0. The van der Waals surface area contributed by atoms with Gasteiger partial charge >= 0.3 is 0 Å². The van der Waals surface area contributed by atoms with Crippen molar-refractivity contribution in [2.45, 2.75) is 24.0 Å². The van der Waals surface area contributed by atoms with Crippen molar-refractivity contribution < 1.29 is 8.42 Å². The Hall–Kier alpha value is 0.240. The van der Waals surface area contributed by atoms with Gasteiger partial charge in [-0.05, 0) is 12.8 Å². The van der Waals surface area contributed by atoms with Gasteiger partial charge in [0.05, 0.1) is 0 Å². The van der Waals surface area contributed by atoms with E-state index < -0.39 is 14.0 Å². The normalized spacial score (nSPS) is 23.8. The van der Waals surface area contributed by atoms with Crippen LogP contribution < -0.4 is 0 Å². The van der Waals surface area contributed by atoms with Gasteiger partial charge in [-0.15, -0.1) is 11.6 Å². The SMILES string of the molecule is CCS(=O)(=O)C1(Cl)CC1. The van der Waals surface area contributed by atoms with Crippen LogP contribution in [0.3, 0.4) is 0 Å². The number of sulfone groups is 1. The van der Waals surface area contributed by atoms with E-state index in [0.29, 0.717) is 12.8 Å². The highest BCUT2D eigenvalue weighted by Crippen LogP contribution is 2.47. The van der Waals surface area contributed by atoms with E-state index in [0.717, 1.165) is 0 Å². The van der Waals surface area contributed by atoms with Gasteiger partial charge < -0.3 is 0 Å². The molecule has 0 aromatic heterocycles. The first kappa shape index (κ1) is 7.35. The van der Waals surface area contributed by atoms with Crippen molar-refractivity contribution >= 4 is 21.4 Å². The summed E-state index contributed by atoms with van der Waals surface area (Å²) in [7, 11) is -2.96. The standard InChI is InChI=1S/C5H9ClO2S/c1-2-9(7,8)5(6)3-4-5/h2-4H2,1H3. The van der Waals surface area contributed by atoms with Gasteiger partial charge in [-0.25, -0.2) is 8.42 Å². The molecule has 0 radical (unpaired) electrons. The molecule has 54 valence electrons. The molecule has 0 aromatic rings. The fourth-order valence-corrected chi connectivity index (χ4v) is 2.33. The van der Waals surface area contributed by atoms with Crippen molar-refractivity contribution in [3.63, 3.8) is 0 Å². The van der Waals surface area contributed by atoms with Crippen LogP contribution in [0.25, 0.3) is 0 Å². The van der Waals surface area contributed by atoms with E-state index in [1.807, 2.05) is 0 Å². The molecular formula is C5H9ClO2S. The topological polar surface area (TPSA) is 34.1 Å². The van der Waals surface area contributed by atoms with Gasteiger partial charge in [-0.1, -0.05) is 6.92 Å². The second-order valence-corrected chi connectivity index (χ2v) is 5.82. The molecule has 1 saturated carbocycles. The van der Waals surface area contributed by atoms with Crippen molar-refractivity contribution in [2.75, 3.05) is 5.75 Å². The van der Waals surface area contributed by atoms with Crippen LogP contribution in [0.15, 0.2) is 0 Å². The fourth-order valence-electron chi connectivity index (χ4n) is 0.668. The summed E-state index contributed by atoms with van der Waals surface area (Å²) >= 11 is 5.65. The molecule has 9 heavy (non-hydrogen) atoms. The maximum atomic E-state index is 11.0. The lowest BCUT2D eigenvalue weighted by Crippen LogP contribution is -2.17. The molecule has 0 aliphatic heterocycles. The lowest BCUT2D eigenvalue weighted by Gasteiger charge is -2.03. The van der Waals surface area contributed by atoms with Gasteiger partial charge in [-0.3, -0.25) is 0 Å². The van der Waals surface area contributed by atoms with Gasteiger partial charge in [-0.2, -0.15) is 0 Å². The molecule has 0 N–H and O–H groups in total. The number of rotatable bonds is 2.